The molecule has 0 spiro atoms. The molecule has 1 amide bonds. The first-order chi connectivity index (χ1) is 12.9. The van der Waals surface area contributed by atoms with Gasteiger partial charge in [-0.25, -0.2) is 9.50 Å². The van der Waals surface area contributed by atoms with Gasteiger partial charge in [0.25, 0.3) is 5.78 Å². The number of aromatic nitrogens is 4. The van der Waals surface area contributed by atoms with Crippen LogP contribution in [0.4, 0.5) is 0 Å². The molecule has 0 fully saturated rings. The predicted octanol–water partition coefficient (Wildman–Crippen LogP) is 2.15. The standard InChI is InChI=1S/C19H21N5O2S/c1-12-9-13(2)24-18(20-12)22-19(23-24)27-11-17(26)21-16(14(3)25)10-15-7-5-4-6-8-15/h4-9,16H,10-11H2,1-3H3,(H,21,26). The number of ketones is 1. The van der Waals surface area contributed by atoms with E-state index in [-0.39, 0.29) is 17.4 Å². The van der Waals surface area contributed by atoms with Crippen molar-refractivity contribution in [3.05, 3.63) is 53.3 Å². The average Bonchev–Trinajstić information content (AvgIpc) is 3.03. The molecule has 0 saturated heterocycles. The molecule has 1 unspecified atom stereocenters. The topological polar surface area (TPSA) is 89.2 Å². The van der Waals surface area contributed by atoms with Crippen LogP contribution in [-0.4, -0.2) is 43.1 Å². The maximum absolute atomic E-state index is 12.3. The molecule has 1 N–H and O–H groups in total. The van der Waals surface area contributed by atoms with Gasteiger partial charge in [-0.2, -0.15) is 4.98 Å². The zero-order valence-corrected chi connectivity index (χ0v) is 16.3. The maximum Gasteiger partial charge on any atom is 0.253 e. The van der Waals surface area contributed by atoms with Gasteiger partial charge in [0, 0.05) is 11.4 Å². The number of fused-ring (bicyclic) bond motifs is 1. The van der Waals surface area contributed by atoms with Gasteiger partial charge >= 0.3 is 0 Å². The van der Waals surface area contributed by atoms with Gasteiger partial charge in [-0.15, -0.1) is 5.10 Å². The van der Waals surface area contributed by atoms with Gasteiger partial charge in [0.2, 0.25) is 11.1 Å². The van der Waals surface area contributed by atoms with Gasteiger partial charge in [0.15, 0.2) is 5.78 Å². The van der Waals surface area contributed by atoms with Gasteiger partial charge < -0.3 is 5.32 Å². The third-order valence-corrected chi connectivity index (χ3v) is 4.88. The fraction of sp³-hybridized carbons (Fsp3) is 0.316. The molecule has 8 heteroatoms. The zero-order chi connectivity index (χ0) is 19.4. The molecule has 3 rings (SSSR count). The number of amides is 1. The van der Waals surface area contributed by atoms with Gasteiger partial charge in [0.1, 0.15) is 0 Å². The molecule has 0 bridgehead atoms. The second-order valence-corrected chi connectivity index (χ2v) is 7.30. The van der Waals surface area contributed by atoms with E-state index in [0.717, 1.165) is 17.0 Å². The number of rotatable bonds is 7. The number of nitrogens with one attached hydrogen (secondary N) is 1. The Hall–Kier alpha value is -2.74. The minimum atomic E-state index is -0.541. The molecule has 140 valence electrons. The van der Waals surface area contributed by atoms with Crippen LogP contribution in [0.25, 0.3) is 5.78 Å². The van der Waals surface area contributed by atoms with Crippen molar-refractivity contribution in [2.45, 2.75) is 38.4 Å². The third-order valence-electron chi connectivity index (χ3n) is 4.04. The molecule has 2 aromatic heterocycles. The Balaban J connectivity index is 1.61. The number of thioether (sulfide) groups is 1. The molecule has 27 heavy (non-hydrogen) atoms. The number of nitrogens with zero attached hydrogens (tertiary/aromatic N) is 4. The van der Waals surface area contributed by atoms with Crippen molar-refractivity contribution in [3.8, 4) is 0 Å². The minimum Gasteiger partial charge on any atom is -0.345 e. The van der Waals surface area contributed by atoms with Crippen molar-refractivity contribution >= 4 is 29.2 Å². The van der Waals surface area contributed by atoms with Gasteiger partial charge in [0.05, 0.1) is 11.8 Å². The van der Waals surface area contributed by atoms with E-state index in [2.05, 4.69) is 20.4 Å². The van der Waals surface area contributed by atoms with E-state index in [1.165, 1.54) is 18.7 Å². The monoisotopic (exact) mass is 383 g/mol. The van der Waals surface area contributed by atoms with Gasteiger partial charge in [-0.05, 0) is 38.8 Å². The van der Waals surface area contributed by atoms with Gasteiger partial charge in [-0.1, -0.05) is 42.1 Å². The number of carbonyl (C=O) groups is 2. The molecule has 2 heterocycles. The lowest BCUT2D eigenvalue weighted by Crippen LogP contribution is -2.42. The Labute approximate surface area is 161 Å². The maximum atomic E-state index is 12.3. The summed E-state index contributed by atoms with van der Waals surface area (Å²) in [6.07, 6.45) is 0.474. The van der Waals surface area contributed by atoms with E-state index in [1.54, 1.807) is 4.52 Å². The summed E-state index contributed by atoms with van der Waals surface area (Å²) >= 11 is 1.22. The molecule has 0 saturated carbocycles. The third kappa shape index (κ3) is 4.91. The van der Waals surface area contributed by atoms with E-state index >= 15 is 0 Å². The van der Waals surface area contributed by atoms with Gasteiger partial charge in [-0.3, -0.25) is 9.59 Å². The number of carbonyl (C=O) groups excluding carboxylic acids is 2. The highest BCUT2D eigenvalue weighted by Crippen LogP contribution is 2.15. The Bertz CT molecular complexity index is 971. The number of aryl methyl sites for hydroxylation is 2. The van der Waals surface area contributed by atoms with Crippen LogP contribution in [0.1, 0.15) is 23.9 Å². The highest BCUT2D eigenvalue weighted by atomic mass is 32.2. The van der Waals surface area contributed by atoms with E-state index in [1.807, 2.05) is 50.2 Å². The summed E-state index contributed by atoms with van der Waals surface area (Å²) in [6.45, 7) is 5.32. The molecule has 1 atom stereocenters. The Morgan fingerprint density at radius 1 is 1.19 bits per heavy atom. The van der Waals surface area contributed by atoms with Crippen LogP contribution in [0.3, 0.4) is 0 Å². The summed E-state index contributed by atoms with van der Waals surface area (Å²) in [4.78, 5) is 32.9. The SMILES string of the molecule is CC(=O)C(Cc1ccccc1)NC(=O)CSc1nc2nc(C)cc(C)n2n1. The zero-order valence-electron chi connectivity index (χ0n) is 15.5. The van der Waals surface area contributed by atoms with E-state index in [0.29, 0.717) is 17.4 Å². The first kappa shape index (κ1) is 19.0. The molecule has 0 radical (unpaired) electrons. The fourth-order valence-electron chi connectivity index (χ4n) is 2.72. The predicted molar refractivity (Wildman–Crippen MR) is 104 cm³/mol. The number of Topliss-reactive ketones (excluding diaryl/α,β-unsaturated/α-hetero) is 1. The normalized spacial score (nSPS) is 12.1. The Kier molecular flexibility index (Phi) is 5.85. The van der Waals surface area contributed by atoms with Crippen LogP contribution in [0, 0.1) is 13.8 Å². The number of benzene rings is 1. The Morgan fingerprint density at radius 2 is 1.93 bits per heavy atom. The lowest BCUT2D eigenvalue weighted by atomic mass is 10.0. The highest BCUT2D eigenvalue weighted by molar-refractivity contribution is 7.99. The van der Waals surface area contributed by atoms with Crippen LogP contribution in [-0.2, 0) is 16.0 Å². The van der Waals surface area contributed by atoms with Crippen LogP contribution >= 0.6 is 11.8 Å². The second-order valence-electron chi connectivity index (χ2n) is 6.35. The van der Waals surface area contributed by atoms with E-state index < -0.39 is 6.04 Å². The van der Waals surface area contributed by atoms with Crippen LogP contribution in [0.15, 0.2) is 41.6 Å². The summed E-state index contributed by atoms with van der Waals surface area (Å²) in [6, 6.07) is 11.0. The average molecular weight is 383 g/mol. The molecular weight excluding hydrogens is 362 g/mol. The summed E-state index contributed by atoms with van der Waals surface area (Å²) in [5.74, 6) is 0.350. The lowest BCUT2D eigenvalue weighted by molar-refractivity contribution is -0.125. The summed E-state index contributed by atoms with van der Waals surface area (Å²) < 4.78 is 1.65. The first-order valence-corrected chi connectivity index (χ1v) is 9.58. The largest absolute Gasteiger partial charge is 0.345 e. The highest BCUT2D eigenvalue weighted by Gasteiger charge is 2.18. The van der Waals surface area contributed by atoms with E-state index in [4.69, 9.17) is 0 Å². The lowest BCUT2D eigenvalue weighted by Gasteiger charge is -2.15. The molecule has 7 nitrogen and oxygen atoms in total. The van der Waals surface area contributed by atoms with Crippen LogP contribution < -0.4 is 5.32 Å². The fourth-order valence-corrected chi connectivity index (χ4v) is 3.35. The molecular formula is C19H21N5O2S. The minimum absolute atomic E-state index is 0.0710. The van der Waals surface area contributed by atoms with Crippen molar-refractivity contribution in [1.29, 1.82) is 0 Å². The quantitative estimate of drug-likeness (QED) is 0.629. The second kappa shape index (κ2) is 8.30. The molecule has 1 aromatic carbocycles. The van der Waals surface area contributed by atoms with Crippen molar-refractivity contribution in [2.75, 3.05) is 5.75 Å². The Morgan fingerprint density at radius 3 is 2.63 bits per heavy atom. The first-order valence-electron chi connectivity index (χ1n) is 8.60. The number of hydrogen-bond donors (Lipinski definition) is 1. The van der Waals surface area contributed by atoms with Crippen molar-refractivity contribution in [1.82, 2.24) is 24.9 Å². The smallest absolute Gasteiger partial charge is 0.253 e. The van der Waals surface area contributed by atoms with E-state index in [9.17, 15) is 9.59 Å². The molecule has 0 aliphatic heterocycles. The van der Waals surface area contributed by atoms with Crippen molar-refractivity contribution in [3.63, 3.8) is 0 Å². The van der Waals surface area contributed by atoms with Crippen LogP contribution in [0.2, 0.25) is 0 Å². The van der Waals surface area contributed by atoms with Crippen LogP contribution in [0.5, 0.6) is 0 Å². The molecule has 3 aromatic rings. The van der Waals surface area contributed by atoms with Crippen molar-refractivity contribution < 1.29 is 9.59 Å². The summed E-state index contributed by atoms with van der Waals surface area (Å²) in [7, 11) is 0. The van der Waals surface area contributed by atoms with Crippen molar-refractivity contribution in [2.24, 2.45) is 0 Å². The molecule has 0 aliphatic rings. The number of hydrogen-bond acceptors (Lipinski definition) is 6. The summed E-state index contributed by atoms with van der Waals surface area (Å²) in [5, 5.41) is 7.65. The summed E-state index contributed by atoms with van der Waals surface area (Å²) in [5.41, 5.74) is 2.80. The molecule has 0 aliphatic carbocycles.